The quantitative estimate of drug-likeness (QED) is 0.775. The Hall–Kier alpha value is -0.610. The van der Waals surface area contributed by atoms with Gasteiger partial charge in [-0.05, 0) is 48.8 Å². The number of halogens is 1. The average Bonchev–Trinajstić information content (AvgIpc) is 2.58. The van der Waals surface area contributed by atoms with Crippen LogP contribution in [0.5, 0.6) is 0 Å². The van der Waals surface area contributed by atoms with Crippen molar-refractivity contribution in [1.82, 2.24) is 4.90 Å². The number of carbonyl (C=O) groups is 1. The SMILES string of the molecule is C=CCN(C(=O)c1ccc(Br)s1)C(C)(C)C. The molecule has 4 heteroatoms. The number of carbonyl (C=O) groups excluding carboxylic acids is 1. The molecule has 0 spiro atoms. The van der Waals surface area contributed by atoms with E-state index in [9.17, 15) is 4.79 Å². The molecule has 1 aromatic heterocycles. The summed E-state index contributed by atoms with van der Waals surface area (Å²) in [5.41, 5.74) is -0.193. The zero-order chi connectivity index (χ0) is 12.3. The summed E-state index contributed by atoms with van der Waals surface area (Å²) in [5, 5.41) is 0. The molecule has 0 atom stereocenters. The Balaban J connectivity index is 2.96. The van der Waals surface area contributed by atoms with Gasteiger partial charge in [0.15, 0.2) is 0 Å². The number of nitrogens with zero attached hydrogens (tertiary/aromatic N) is 1. The number of amides is 1. The normalized spacial score (nSPS) is 11.2. The first kappa shape index (κ1) is 13.5. The molecule has 0 radical (unpaired) electrons. The molecule has 0 aliphatic carbocycles. The molecule has 16 heavy (non-hydrogen) atoms. The van der Waals surface area contributed by atoms with Crippen LogP contribution in [0.15, 0.2) is 28.6 Å². The third kappa shape index (κ3) is 3.19. The average molecular weight is 302 g/mol. The van der Waals surface area contributed by atoms with Crippen molar-refractivity contribution in [2.45, 2.75) is 26.3 Å². The largest absolute Gasteiger partial charge is 0.329 e. The highest BCUT2D eigenvalue weighted by molar-refractivity contribution is 9.11. The van der Waals surface area contributed by atoms with E-state index in [0.29, 0.717) is 6.54 Å². The highest BCUT2D eigenvalue weighted by Crippen LogP contribution is 2.25. The molecule has 1 aromatic rings. The van der Waals surface area contributed by atoms with Crippen LogP contribution in [0.25, 0.3) is 0 Å². The molecule has 0 N–H and O–H groups in total. The van der Waals surface area contributed by atoms with Gasteiger partial charge >= 0.3 is 0 Å². The number of hydrogen-bond acceptors (Lipinski definition) is 2. The van der Waals surface area contributed by atoms with Crippen molar-refractivity contribution in [1.29, 1.82) is 0 Å². The first-order valence-electron chi connectivity index (χ1n) is 5.04. The standard InChI is InChI=1S/C12H16BrNOS/c1-5-8-14(12(2,3)4)11(15)9-6-7-10(13)16-9/h5-7H,1,8H2,2-4H3. The molecule has 0 aromatic carbocycles. The lowest BCUT2D eigenvalue weighted by molar-refractivity contribution is 0.0622. The molecule has 0 aliphatic rings. The van der Waals surface area contributed by atoms with Gasteiger partial charge in [-0.15, -0.1) is 17.9 Å². The van der Waals surface area contributed by atoms with Gasteiger partial charge < -0.3 is 4.90 Å². The van der Waals surface area contributed by atoms with E-state index in [4.69, 9.17) is 0 Å². The number of thiophene rings is 1. The van der Waals surface area contributed by atoms with Gasteiger partial charge in [-0.3, -0.25) is 4.79 Å². The van der Waals surface area contributed by atoms with Crippen molar-refractivity contribution in [3.8, 4) is 0 Å². The lowest BCUT2D eigenvalue weighted by Gasteiger charge is -2.34. The molecule has 2 nitrogen and oxygen atoms in total. The maximum absolute atomic E-state index is 12.3. The van der Waals surface area contributed by atoms with E-state index in [0.717, 1.165) is 8.66 Å². The van der Waals surface area contributed by atoms with Crippen LogP contribution in [-0.2, 0) is 0 Å². The van der Waals surface area contributed by atoms with Gasteiger partial charge in [0.25, 0.3) is 5.91 Å². The van der Waals surface area contributed by atoms with Crippen LogP contribution in [-0.4, -0.2) is 22.9 Å². The zero-order valence-corrected chi connectivity index (χ0v) is 12.2. The Labute approximate surface area is 109 Å². The van der Waals surface area contributed by atoms with Crippen molar-refractivity contribution in [2.75, 3.05) is 6.54 Å². The minimum absolute atomic E-state index is 0.0584. The third-order valence-electron chi connectivity index (χ3n) is 2.15. The van der Waals surface area contributed by atoms with Gasteiger partial charge in [-0.2, -0.15) is 0 Å². The Bertz CT molecular complexity index is 392. The monoisotopic (exact) mass is 301 g/mol. The molecule has 0 fully saturated rings. The Morgan fingerprint density at radius 3 is 2.56 bits per heavy atom. The molecule has 1 rings (SSSR count). The predicted octanol–water partition coefficient (Wildman–Crippen LogP) is 3.94. The second-order valence-corrected chi connectivity index (χ2v) is 6.94. The summed E-state index contributed by atoms with van der Waals surface area (Å²) in [4.78, 5) is 14.8. The first-order valence-corrected chi connectivity index (χ1v) is 6.65. The van der Waals surface area contributed by atoms with E-state index < -0.39 is 0 Å². The van der Waals surface area contributed by atoms with E-state index >= 15 is 0 Å². The van der Waals surface area contributed by atoms with Gasteiger partial charge in [0.1, 0.15) is 0 Å². The maximum atomic E-state index is 12.3. The van der Waals surface area contributed by atoms with E-state index in [1.54, 1.807) is 6.08 Å². The van der Waals surface area contributed by atoms with Gasteiger partial charge in [0.05, 0.1) is 8.66 Å². The topological polar surface area (TPSA) is 20.3 Å². The summed E-state index contributed by atoms with van der Waals surface area (Å²) >= 11 is 4.82. The lowest BCUT2D eigenvalue weighted by atomic mass is 10.1. The minimum atomic E-state index is -0.193. The fourth-order valence-corrected chi connectivity index (χ4v) is 2.69. The summed E-state index contributed by atoms with van der Waals surface area (Å²) in [5.74, 6) is 0.0584. The van der Waals surface area contributed by atoms with E-state index in [1.165, 1.54) is 11.3 Å². The highest BCUT2D eigenvalue weighted by Gasteiger charge is 2.26. The fourth-order valence-electron chi connectivity index (χ4n) is 1.35. The molecule has 88 valence electrons. The molecular formula is C12H16BrNOS. The number of rotatable bonds is 3. The molecular weight excluding hydrogens is 286 g/mol. The van der Waals surface area contributed by atoms with Crippen molar-refractivity contribution in [3.05, 3.63) is 33.5 Å². The lowest BCUT2D eigenvalue weighted by Crippen LogP contribution is -2.45. The second kappa shape index (κ2) is 5.15. The van der Waals surface area contributed by atoms with Gasteiger partial charge in [0.2, 0.25) is 0 Å². The molecule has 1 amide bonds. The minimum Gasteiger partial charge on any atom is -0.329 e. The Morgan fingerprint density at radius 2 is 2.19 bits per heavy atom. The Morgan fingerprint density at radius 1 is 1.56 bits per heavy atom. The summed E-state index contributed by atoms with van der Waals surface area (Å²) < 4.78 is 0.975. The van der Waals surface area contributed by atoms with Crippen LogP contribution in [0.4, 0.5) is 0 Å². The molecule has 0 saturated carbocycles. The van der Waals surface area contributed by atoms with Crippen molar-refractivity contribution in [2.24, 2.45) is 0 Å². The predicted molar refractivity (Wildman–Crippen MR) is 73.0 cm³/mol. The number of hydrogen-bond donors (Lipinski definition) is 0. The van der Waals surface area contributed by atoms with Crippen LogP contribution < -0.4 is 0 Å². The van der Waals surface area contributed by atoms with E-state index in [-0.39, 0.29) is 11.4 Å². The summed E-state index contributed by atoms with van der Waals surface area (Å²) in [6.07, 6.45) is 1.76. The molecule has 0 unspecified atom stereocenters. The molecule has 0 aliphatic heterocycles. The van der Waals surface area contributed by atoms with Crippen LogP contribution in [0.1, 0.15) is 30.4 Å². The van der Waals surface area contributed by atoms with E-state index in [2.05, 4.69) is 22.5 Å². The van der Waals surface area contributed by atoms with Gasteiger partial charge in [-0.1, -0.05) is 6.08 Å². The van der Waals surface area contributed by atoms with Crippen molar-refractivity contribution < 1.29 is 4.79 Å². The van der Waals surface area contributed by atoms with Gasteiger partial charge in [-0.25, -0.2) is 0 Å². The van der Waals surface area contributed by atoms with Crippen LogP contribution in [0, 0.1) is 0 Å². The van der Waals surface area contributed by atoms with Crippen LogP contribution in [0.3, 0.4) is 0 Å². The molecule has 0 bridgehead atoms. The van der Waals surface area contributed by atoms with Crippen molar-refractivity contribution in [3.63, 3.8) is 0 Å². The first-order chi connectivity index (χ1) is 7.36. The molecule has 0 saturated heterocycles. The van der Waals surface area contributed by atoms with E-state index in [1.807, 2.05) is 37.8 Å². The maximum Gasteiger partial charge on any atom is 0.264 e. The summed E-state index contributed by atoms with van der Waals surface area (Å²) in [6, 6.07) is 3.74. The third-order valence-corrected chi connectivity index (χ3v) is 3.76. The fraction of sp³-hybridized carbons (Fsp3) is 0.417. The molecule has 1 heterocycles. The highest BCUT2D eigenvalue weighted by atomic mass is 79.9. The summed E-state index contributed by atoms with van der Waals surface area (Å²) in [6.45, 7) is 10.3. The summed E-state index contributed by atoms with van der Waals surface area (Å²) in [7, 11) is 0. The van der Waals surface area contributed by atoms with Crippen LogP contribution >= 0.6 is 27.3 Å². The smallest absolute Gasteiger partial charge is 0.264 e. The second-order valence-electron chi connectivity index (χ2n) is 4.48. The van der Waals surface area contributed by atoms with Gasteiger partial charge in [0, 0.05) is 12.1 Å². The van der Waals surface area contributed by atoms with Crippen LogP contribution in [0.2, 0.25) is 0 Å². The Kier molecular flexibility index (Phi) is 4.33. The zero-order valence-electron chi connectivity index (χ0n) is 9.79. The van der Waals surface area contributed by atoms with Crippen molar-refractivity contribution >= 4 is 33.2 Å².